The summed E-state index contributed by atoms with van der Waals surface area (Å²) in [5, 5.41) is 0.726. The van der Waals surface area contributed by atoms with Crippen LogP contribution in [0.1, 0.15) is 0 Å². The number of thiol groups is 1. The maximum atomic E-state index is 13.4. The van der Waals surface area contributed by atoms with Gasteiger partial charge in [-0.1, -0.05) is 6.07 Å². The van der Waals surface area contributed by atoms with Crippen molar-refractivity contribution in [1.29, 1.82) is 0 Å². The molecule has 0 atom stereocenters. The number of benzene rings is 1. The highest BCUT2D eigenvalue weighted by Gasteiger charge is 2.05. The lowest BCUT2D eigenvalue weighted by atomic mass is 10.2. The Hall–Kier alpha value is -1.29. The molecule has 0 fully saturated rings. The topological polar surface area (TPSA) is 38.9 Å². The van der Waals surface area contributed by atoms with Gasteiger partial charge in [0.1, 0.15) is 11.3 Å². The molecule has 2 N–H and O–H groups in total. The van der Waals surface area contributed by atoms with Crippen LogP contribution in [0.4, 0.5) is 10.2 Å². The molecule has 4 heteroatoms. The summed E-state index contributed by atoms with van der Waals surface area (Å²) in [5.41, 5.74) is 5.71. The van der Waals surface area contributed by atoms with Crippen LogP contribution in [0.3, 0.4) is 0 Å². The number of hydrogen-bond acceptors (Lipinski definition) is 3. The van der Waals surface area contributed by atoms with E-state index >= 15 is 0 Å². The highest BCUT2D eigenvalue weighted by atomic mass is 32.1. The van der Waals surface area contributed by atoms with Crippen LogP contribution in [0.25, 0.3) is 10.9 Å². The monoisotopic (exact) mass is 194 g/mol. The summed E-state index contributed by atoms with van der Waals surface area (Å²) in [7, 11) is 0. The number of pyridine rings is 1. The van der Waals surface area contributed by atoms with Gasteiger partial charge in [0.15, 0.2) is 5.82 Å². The number of anilines is 1. The van der Waals surface area contributed by atoms with E-state index in [0.29, 0.717) is 5.82 Å². The summed E-state index contributed by atoms with van der Waals surface area (Å²) in [5.74, 6) is -0.113. The van der Waals surface area contributed by atoms with E-state index in [1.54, 1.807) is 24.3 Å². The van der Waals surface area contributed by atoms with Crippen LogP contribution in [0.15, 0.2) is 29.2 Å². The van der Waals surface area contributed by atoms with E-state index in [-0.39, 0.29) is 10.4 Å². The van der Waals surface area contributed by atoms with Crippen molar-refractivity contribution >= 4 is 29.3 Å². The predicted octanol–water partition coefficient (Wildman–Crippen LogP) is 2.24. The lowest BCUT2D eigenvalue weighted by molar-refractivity contribution is 0.612. The van der Waals surface area contributed by atoms with Crippen LogP contribution >= 0.6 is 12.6 Å². The standard InChI is InChI=1S/C9H7FN2S/c10-8-6(13)3-1-5-2-4-7(11)12-9(5)8/h1-4,13H,(H2,11,12). The van der Waals surface area contributed by atoms with Gasteiger partial charge in [0.05, 0.1) is 0 Å². The molecule has 1 heterocycles. The molecule has 0 saturated carbocycles. The van der Waals surface area contributed by atoms with Gasteiger partial charge in [-0.15, -0.1) is 12.6 Å². The zero-order valence-corrected chi connectivity index (χ0v) is 7.55. The molecule has 2 aromatic rings. The Labute approximate surface area is 80.0 Å². The molecule has 0 bridgehead atoms. The molecule has 0 spiro atoms. The molecule has 1 aromatic carbocycles. The molecular weight excluding hydrogens is 187 g/mol. The Bertz CT molecular complexity index is 465. The maximum Gasteiger partial charge on any atom is 0.162 e. The average Bonchev–Trinajstić information content (AvgIpc) is 2.12. The lowest BCUT2D eigenvalue weighted by Gasteiger charge is -2.01. The van der Waals surface area contributed by atoms with Crippen molar-refractivity contribution in [1.82, 2.24) is 4.98 Å². The van der Waals surface area contributed by atoms with Crippen LogP contribution in [0, 0.1) is 5.82 Å². The maximum absolute atomic E-state index is 13.4. The van der Waals surface area contributed by atoms with Gasteiger partial charge in [0.25, 0.3) is 0 Å². The first-order valence-corrected chi connectivity index (χ1v) is 4.17. The van der Waals surface area contributed by atoms with Crippen molar-refractivity contribution in [2.24, 2.45) is 0 Å². The van der Waals surface area contributed by atoms with Crippen LogP contribution in [0.2, 0.25) is 0 Å². The van der Waals surface area contributed by atoms with Gasteiger partial charge >= 0.3 is 0 Å². The Morgan fingerprint density at radius 1 is 1.23 bits per heavy atom. The second kappa shape index (κ2) is 2.88. The minimum absolute atomic E-state index is 0.271. The first-order chi connectivity index (χ1) is 6.18. The largest absolute Gasteiger partial charge is 0.384 e. The van der Waals surface area contributed by atoms with Crippen molar-refractivity contribution in [3.8, 4) is 0 Å². The Morgan fingerprint density at radius 2 is 1.92 bits per heavy atom. The highest BCUT2D eigenvalue weighted by molar-refractivity contribution is 7.80. The first kappa shape index (κ1) is 8.31. The van der Waals surface area contributed by atoms with Gasteiger partial charge in [0.2, 0.25) is 0 Å². The smallest absolute Gasteiger partial charge is 0.162 e. The Kier molecular flexibility index (Phi) is 1.84. The van der Waals surface area contributed by atoms with Crippen molar-refractivity contribution in [2.45, 2.75) is 4.90 Å². The summed E-state index contributed by atoms with van der Waals surface area (Å²) in [6, 6.07) is 6.72. The number of hydrogen-bond donors (Lipinski definition) is 2. The molecule has 0 aliphatic heterocycles. The molecule has 1 aromatic heterocycles. The van der Waals surface area contributed by atoms with E-state index in [2.05, 4.69) is 17.6 Å². The third-order valence-electron chi connectivity index (χ3n) is 1.80. The first-order valence-electron chi connectivity index (χ1n) is 3.72. The van der Waals surface area contributed by atoms with Gasteiger partial charge in [0, 0.05) is 10.3 Å². The van der Waals surface area contributed by atoms with E-state index < -0.39 is 5.82 Å². The summed E-state index contributed by atoms with van der Waals surface area (Å²) >= 11 is 3.95. The molecule has 0 saturated heterocycles. The van der Waals surface area contributed by atoms with Crippen molar-refractivity contribution in [2.75, 3.05) is 5.73 Å². The van der Waals surface area contributed by atoms with Gasteiger partial charge in [-0.3, -0.25) is 0 Å². The molecule has 2 nitrogen and oxygen atoms in total. The Balaban J connectivity index is 2.89. The lowest BCUT2D eigenvalue weighted by Crippen LogP contribution is -1.92. The second-order valence-electron chi connectivity index (χ2n) is 2.71. The molecule has 66 valence electrons. The van der Waals surface area contributed by atoms with E-state index in [0.717, 1.165) is 5.39 Å². The predicted molar refractivity (Wildman–Crippen MR) is 53.4 cm³/mol. The molecule has 0 aliphatic rings. The van der Waals surface area contributed by atoms with E-state index in [1.807, 2.05) is 0 Å². The van der Waals surface area contributed by atoms with Crippen LogP contribution < -0.4 is 5.73 Å². The van der Waals surface area contributed by atoms with E-state index in [4.69, 9.17) is 5.73 Å². The Morgan fingerprint density at radius 3 is 2.69 bits per heavy atom. The number of nitrogens with zero attached hydrogens (tertiary/aromatic N) is 1. The summed E-state index contributed by atoms with van der Waals surface area (Å²) in [6.07, 6.45) is 0. The fourth-order valence-corrected chi connectivity index (χ4v) is 1.34. The zero-order valence-electron chi connectivity index (χ0n) is 6.66. The van der Waals surface area contributed by atoms with E-state index in [1.165, 1.54) is 0 Å². The second-order valence-corrected chi connectivity index (χ2v) is 3.19. The SMILES string of the molecule is Nc1ccc2ccc(S)c(F)c2n1. The fourth-order valence-electron chi connectivity index (χ4n) is 1.16. The molecule has 2 rings (SSSR count). The van der Waals surface area contributed by atoms with Gasteiger partial charge in [-0.2, -0.15) is 0 Å². The van der Waals surface area contributed by atoms with Crippen molar-refractivity contribution in [3.05, 3.63) is 30.1 Å². The zero-order chi connectivity index (χ0) is 9.42. The van der Waals surface area contributed by atoms with Gasteiger partial charge < -0.3 is 5.73 Å². The van der Waals surface area contributed by atoms with Crippen LogP contribution in [-0.4, -0.2) is 4.98 Å². The van der Waals surface area contributed by atoms with Crippen LogP contribution in [-0.2, 0) is 0 Å². The summed E-state index contributed by atoms with van der Waals surface area (Å²) < 4.78 is 13.4. The third kappa shape index (κ3) is 1.33. The number of rotatable bonds is 0. The number of nitrogen functional groups attached to an aromatic ring is 1. The minimum Gasteiger partial charge on any atom is -0.384 e. The third-order valence-corrected chi connectivity index (χ3v) is 2.15. The van der Waals surface area contributed by atoms with Crippen molar-refractivity contribution < 1.29 is 4.39 Å². The summed E-state index contributed by atoms with van der Waals surface area (Å²) in [4.78, 5) is 4.17. The normalized spacial score (nSPS) is 10.6. The highest BCUT2D eigenvalue weighted by Crippen LogP contribution is 2.22. The quantitative estimate of drug-likeness (QED) is 0.631. The van der Waals surface area contributed by atoms with Gasteiger partial charge in [-0.05, 0) is 18.2 Å². The summed E-state index contributed by atoms with van der Waals surface area (Å²) in [6.45, 7) is 0. The van der Waals surface area contributed by atoms with Gasteiger partial charge in [-0.25, -0.2) is 9.37 Å². The fraction of sp³-hybridized carbons (Fsp3) is 0. The molecular formula is C9H7FN2S. The average molecular weight is 194 g/mol. The molecule has 0 aliphatic carbocycles. The number of aromatic nitrogens is 1. The van der Waals surface area contributed by atoms with Crippen LogP contribution in [0.5, 0.6) is 0 Å². The molecule has 13 heavy (non-hydrogen) atoms. The molecule has 0 amide bonds. The molecule has 0 radical (unpaired) electrons. The number of halogens is 1. The number of fused-ring (bicyclic) bond motifs is 1. The minimum atomic E-state index is -0.423. The molecule has 0 unspecified atom stereocenters. The van der Waals surface area contributed by atoms with Crippen molar-refractivity contribution in [3.63, 3.8) is 0 Å². The van der Waals surface area contributed by atoms with E-state index in [9.17, 15) is 4.39 Å². The number of nitrogens with two attached hydrogens (primary N) is 1.